The van der Waals surface area contributed by atoms with E-state index in [2.05, 4.69) is 15.8 Å². The Balaban J connectivity index is 1.82. The van der Waals surface area contributed by atoms with Crippen LogP contribution in [0.2, 0.25) is 0 Å². The summed E-state index contributed by atoms with van der Waals surface area (Å²) < 4.78 is 0. The lowest BCUT2D eigenvalue weighted by Gasteiger charge is -2.01. The molecule has 4 nitrogen and oxygen atoms in total. The van der Waals surface area contributed by atoms with Crippen LogP contribution in [0, 0.1) is 5.92 Å². The van der Waals surface area contributed by atoms with E-state index in [9.17, 15) is 4.79 Å². The Labute approximate surface area is 75.2 Å². The molecule has 1 fully saturated rings. The molecule has 1 aliphatic heterocycles. The minimum atomic E-state index is 0.122. The molecule has 0 radical (unpaired) electrons. The summed E-state index contributed by atoms with van der Waals surface area (Å²) in [5, 5.41) is 7.73. The standard InChI is InChI=1S/C7H11N3OS/c1-4-9-10-7(12-4)8-6(11)5-2-3-5/h4-5,9H,2-3H2,1H3,(H,8,10,11). The predicted molar refractivity (Wildman–Crippen MR) is 48.5 cm³/mol. The van der Waals surface area contributed by atoms with Gasteiger partial charge in [0.15, 0.2) is 5.17 Å². The largest absolute Gasteiger partial charge is 0.303 e. The molecule has 1 saturated carbocycles. The van der Waals surface area contributed by atoms with Crippen molar-refractivity contribution in [3.63, 3.8) is 0 Å². The highest BCUT2D eigenvalue weighted by Gasteiger charge is 2.31. The number of rotatable bonds is 1. The van der Waals surface area contributed by atoms with Crippen LogP contribution in [0.25, 0.3) is 0 Å². The highest BCUT2D eigenvalue weighted by atomic mass is 32.2. The molecule has 1 aliphatic carbocycles. The van der Waals surface area contributed by atoms with E-state index >= 15 is 0 Å². The minimum Gasteiger partial charge on any atom is -0.303 e. The second-order valence-electron chi connectivity index (χ2n) is 3.07. The molecule has 5 heteroatoms. The molecule has 1 unspecified atom stereocenters. The lowest BCUT2D eigenvalue weighted by molar-refractivity contribution is -0.120. The number of thioether (sulfide) groups is 1. The Morgan fingerprint density at radius 1 is 1.75 bits per heavy atom. The second-order valence-corrected chi connectivity index (χ2v) is 4.40. The van der Waals surface area contributed by atoms with Gasteiger partial charge in [-0.3, -0.25) is 10.2 Å². The van der Waals surface area contributed by atoms with Crippen molar-refractivity contribution in [1.29, 1.82) is 0 Å². The van der Waals surface area contributed by atoms with E-state index in [4.69, 9.17) is 0 Å². The maximum absolute atomic E-state index is 11.2. The summed E-state index contributed by atoms with van der Waals surface area (Å²) >= 11 is 1.55. The Morgan fingerprint density at radius 3 is 3.00 bits per heavy atom. The Kier molecular flexibility index (Phi) is 1.96. The number of hydrazone groups is 1. The third-order valence-corrected chi connectivity index (χ3v) is 2.69. The van der Waals surface area contributed by atoms with Gasteiger partial charge in [-0.05, 0) is 19.8 Å². The first kappa shape index (κ1) is 7.91. The maximum atomic E-state index is 11.2. The van der Waals surface area contributed by atoms with Crippen LogP contribution in [0.4, 0.5) is 0 Å². The van der Waals surface area contributed by atoms with Crippen molar-refractivity contribution < 1.29 is 4.79 Å². The molecule has 0 bridgehead atoms. The van der Waals surface area contributed by atoms with Crippen LogP contribution in [0.5, 0.6) is 0 Å². The molecule has 66 valence electrons. The molecule has 0 saturated heterocycles. The zero-order valence-electron chi connectivity index (χ0n) is 6.83. The quantitative estimate of drug-likeness (QED) is 0.624. The van der Waals surface area contributed by atoms with Crippen LogP contribution in [0.15, 0.2) is 5.10 Å². The summed E-state index contributed by atoms with van der Waals surface area (Å²) in [7, 11) is 0. The van der Waals surface area contributed by atoms with Gasteiger partial charge in [-0.25, -0.2) is 0 Å². The van der Waals surface area contributed by atoms with Crippen LogP contribution in [-0.4, -0.2) is 16.4 Å². The average molecular weight is 185 g/mol. The van der Waals surface area contributed by atoms with Gasteiger partial charge in [0, 0.05) is 5.92 Å². The van der Waals surface area contributed by atoms with Crippen molar-refractivity contribution in [1.82, 2.24) is 10.7 Å². The van der Waals surface area contributed by atoms with Gasteiger partial charge in [0.05, 0.1) is 5.37 Å². The fourth-order valence-corrected chi connectivity index (χ4v) is 1.69. The van der Waals surface area contributed by atoms with Crippen molar-refractivity contribution >= 4 is 22.8 Å². The Morgan fingerprint density at radius 2 is 2.50 bits per heavy atom. The molecule has 1 amide bonds. The molecule has 1 heterocycles. The van der Waals surface area contributed by atoms with Crippen LogP contribution in [-0.2, 0) is 4.79 Å². The maximum Gasteiger partial charge on any atom is 0.229 e. The number of hydrogen-bond donors (Lipinski definition) is 2. The number of nitrogens with one attached hydrogen (secondary N) is 2. The fourth-order valence-electron chi connectivity index (χ4n) is 0.980. The van der Waals surface area contributed by atoms with Crippen molar-refractivity contribution in [3.05, 3.63) is 0 Å². The molecule has 2 rings (SSSR count). The van der Waals surface area contributed by atoms with Gasteiger partial charge in [-0.1, -0.05) is 11.8 Å². The van der Waals surface area contributed by atoms with E-state index in [-0.39, 0.29) is 17.2 Å². The highest BCUT2D eigenvalue weighted by molar-refractivity contribution is 8.14. The number of hydrogen-bond acceptors (Lipinski definition) is 4. The first-order valence-electron chi connectivity index (χ1n) is 4.06. The van der Waals surface area contributed by atoms with Crippen LogP contribution >= 0.6 is 11.8 Å². The molecule has 0 aromatic heterocycles. The topological polar surface area (TPSA) is 53.5 Å². The minimum absolute atomic E-state index is 0.122. The fraction of sp³-hybridized carbons (Fsp3) is 0.714. The van der Waals surface area contributed by atoms with Gasteiger partial charge < -0.3 is 5.32 Å². The summed E-state index contributed by atoms with van der Waals surface area (Å²) in [6.45, 7) is 2.00. The second kappa shape index (κ2) is 2.97. The van der Waals surface area contributed by atoms with Gasteiger partial charge in [-0.2, -0.15) is 5.10 Å². The number of nitrogens with zero attached hydrogens (tertiary/aromatic N) is 1. The van der Waals surface area contributed by atoms with E-state index in [1.54, 1.807) is 11.8 Å². The summed E-state index contributed by atoms with van der Waals surface area (Å²) in [4.78, 5) is 11.2. The first-order chi connectivity index (χ1) is 5.75. The monoisotopic (exact) mass is 185 g/mol. The van der Waals surface area contributed by atoms with Gasteiger partial charge >= 0.3 is 0 Å². The predicted octanol–water partition coefficient (Wildman–Crippen LogP) is 0.466. The molecule has 0 spiro atoms. The van der Waals surface area contributed by atoms with E-state index < -0.39 is 0 Å². The summed E-state index contributed by atoms with van der Waals surface area (Å²) in [5.41, 5.74) is 2.87. The Bertz CT molecular complexity index is 237. The third kappa shape index (κ3) is 1.72. The summed E-state index contributed by atoms with van der Waals surface area (Å²) in [6, 6.07) is 0. The van der Waals surface area contributed by atoms with Gasteiger partial charge in [-0.15, -0.1) is 0 Å². The zero-order chi connectivity index (χ0) is 8.55. The molecule has 1 atom stereocenters. The molecule has 0 aromatic rings. The van der Waals surface area contributed by atoms with E-state index in [0.717, 1.165) is 12.8 Å². The van der Waals surface area contributed by atoms with Crippen molar-refractivity contribution in [2.75, 3.05) is 0 Å². The number of carbonyl (C=O) groups is 1. The first-order valence-corrected chi connectivity index (χ1v) is 4.94. The number of amidine groups is 1. The number of amides is 1. The Hall–Kier alpha value is -0.710. The molecule has 2 N–H and O–H groups in total. The lowest BCUT2D eigenvalue weighted by Crippen LogP contribution is -2.28. The molecular formula is C7H11N3OS. The number of carbonyl (C=O) groups excluding carboxylic acids is 1. The van der Waals surface area contributed by atoms with E-state index in [1.807, 2.05) is 6.92 Å². The molecule has 2 aliphatic rings. The van der Waals surface area contributed by atoms with Crippen LogP contribution in [0.1, 0.15) is 19.8 Å². The molecular weight excluding hydrogens is 174 g/mol. The summed E-state index contributed by atoms with van der Waals surface area (Å²) in [6.07, 6.45) is 2.07. The molecule has 0 aromatic carbocycles. The highest BCUT2D eigenvalue weighted by Crippen LogP contribution is 2.29. The zero-order valence-corrected chi connectivity index (χ0v) is 7.65. The van der Waals surface area contributed by atoms with Gasteiger partial charge in [0.1, 0.15) is 0 Å². The van der Waals surface area contributed by atoms with Crippen LogP contribution < -0.4 is 10.7 Å². The van der Waals surface area contributed by atoms with Crippen molar-refractivity contribution in [2.24, 2.45) is 11.0 Å². The van der Waals surface area contributed by atoms with E-state index in [0.29, 0.717) is 5.17 Å². The smallest absolute Gasteiger partial charge is 0.229 e. The van der Waals surface area contributed by atoms with Crippen molar-refractivity contribution in [2.45, 2.75) is 25.1 Å². The van der Waals surface area contributed by atoms with E-state index in [1.165, 1.54) is 0 Å². The summed E-state index contributed by atoms with van der Waals surface area (Å²) in [5.74, 6) is 0.376. The molecule has 12 heavy (non-hydrogen) atoms. The SMILES string of the molecule is CC1NN=C(NC(=O)C2CC2)S1. The third-order valence-electron chi connectivity index (χ3n) is 1.81. The average Bonchev–Trinajstić information content (AvgIpc) is 2.78. The lowest BCUT2D eigenvalue weighted by atomic mass is 10.4. The van der Waals surface area contributed by atoms with Crippen molar-refractivity contribution in [3.8, 4) is 0 Å². The van der Waals surface area contributed by atoms with Gasteiger partial charge in [0.25, 0.3) is 0 Å². The van der Waals surface area contributed by atoms with Gasteiger partial charge in [0.2, 0.25) is 5.91 Å². The van der Waals surface area contributed by atoms with Crippen LogP contribution in [0.3, 0.4) is 0 Å². The normalized spacial score (nSPS) is 27.8.